The lowest BCUT2D eigenvalue weighted by Gasteiger charge is -2.26. The highest BCUT2D eigenvalue weighted by Gasteiger charge is 2.48. The van der Waals surface area contributed by atoms with Crippen molar-refractivity contribution in [2.24, 2.45) is 5.92 Å². The lowest BCUT2D eigenvalue weighted by Crippen LogP contribution is -2.46. The van der Waals surface area contributed by atoms with E-state index >= 15 is 0 Å². The van der Waals surface area contributed by atoms with Crippen molar-refractivity contribution in [2.45, 2.75) is 75.8 Å². The van der Waals surface area contributed by atoms with Gasteiger partial charge in [-0.05, 0) is 54.7 Å². The smallest absolute Gasteiger partial charge is 0.243 e. The van der Waals surface area contributed by atoms with Crippen LogP contribution >= 0.6 is 0 Å². The van der Waals surface area contributed by atoms with Crippen LogP contribution in [0.15, 0.2) is 66.7 Å². The molecule has 1 saturated carbocycles. The summed E-state index contributed by atoms with van der Waals surface area (Å²) in [4.78, 5) is 28.5. The van der Waals surface area contributed by atoms with Crippen LogP contribution in [0.25, 0.3) is 11.1 Å². The Labute approximate surface area is 203 Å². The molecule has 0 unspecified atom stereocenters. The summed E-state index contributed by atoms with van der Waals surface area (Å²) in [5, 5.41) is 3.25. The molecular formula is C30H36N2O2. The first-order chi connectivity index (χ1) is 16.5. The highest BCUT2D eigenvalue weighted by Crippen LogP contribution is 2.40. The van der Waals surface area contributed by atoms with Crippen LogP contribution in [0.3, 0.4) is 0 Å². The van der Waals surface area contributed by atoms with Gasteiger partial charge in [0.2, 0.25) is 11.8 Å². The SMILES string of the molecule is C[C@@]1(c2ccc(-c3ccccc3)cc2)C[C@H]2C(=O)N[C@@H]3C[C@H]3/C=C\CCCCCCC(=O)N2C1. The number of rotatable bonds is 2. The van der Waals surface area contributed by atoms with E-state index in [2.05, 4.69) is 72.9 Å². The monoisotopic (exact) mass is 456 g/mol. The fourth-order valence-electron chi connectivity index (χ4n) is 5.67. The second kappa shape index (κ2) is 9.77. The molecule has 4 nitrogen and oxygen atoms in total. The normalized spacial score (nSPS) is 31.0. The molecule has 5 rings (SSSR count). The van der Waals surface area contributed by atoms with Gasteiger partial charge in [0.25, 0.3) is 0 Å². The Kier molecular flexibility index (Phi) is 6.58. The Morgan fingerprint density at radius 2 is 1.65 bits per heavy atom. The summed E-state index contributed by atoms with van der Waals surface area (Å²) >= 11 is 0. The summed E-state index contributed by atoms with van der Waals surface area (Å²) in [5.74, 6) is 0.607. The van der Waals surface area contributed by atoms with E-state index in [1.807, 2.05) is 11.0 Å². The zero-order valence-electron chi connectivity index (χ0n) is 20.2. The van der Waals surface area contributed by atoms with Crippen LogP contribution in [0.5, 0.6) is 0 Å². The Balaban J connectivity index is 1.36. The maximum Gasteiger partial charge on any atom is 0.243 e. The van der Waals surface area contributed by atoms with Crippen molar-refractivity contribution in [3.8, 4) is 11.1 Å². The average molecular weight is 457 g/mol. The Bertz CT molecular complexity index is 1050. The molecule has 4 heteroatoms. The van der Waals surface area contributed by atoms with E-state index in [0.29, 0.717) is 25.3 Å². The Hall–Kier alpha value is -2.88. The number of carbonyl (C=O) groups excluding carboxylic acids is 2. The molecule has 2 aliphatic heterocycles. The van der Waals surface area contributed by atoms with Gasteiger partial charge in [-0.2, -0.15) is 0 Å². The molecule has 2 fully saturated rings. The van der Waals surface area contributed by atoms with Gasteiger partial charge in [0.05, 0.1) is 0 Å². The predicted octanol–water partition coefficient (Wildman–Crippen LogP) is 5.63. The van der Waals surface area contributed by atoms with Gasteiger partial charge < -0.3 is 10.2 Å². The third kappa shape index (κ3) is 4.96. The van der Waals surface area contributed by atoms with Gasteiger partial charge in [-0.1, -0.05) is 86.5 Å². The van der Waals surface area contributed by atoms with E-state index in [-0.39, 0.29) is 29.3 Å². The summed E-state index contributed by atoms with van der Waals surface area (Å²) in [6.07, 6.45) is 12.2. The second-order valence-corrected chi connectivity index (χ2v) is 10.6. The van der Waals surface area contributed by atoms with Gasteiger partial charge in [-0.25, -0.2) is 0 Å². The summed E-state index contributed by atoms with van der Waals surface area (Å²) < 4.78 is 0. The van der Waals surface area contributed by atoms with Gasteiger partial charge in [-0.3, -0.25) is 9.59 Å². The van der Waals surface area contributed by atoms with Crippen LogP contribution in [-0.4, -0.2) is 35.3 Å². The number of allylic oxidation sites excluding steroid dienone is 1. The molecule has 2 heterocycles. The molecule has 0 aromatic heterocycles. The van der Waals surface area contributed by atoms with Crippen molar-refractivity contribution in [3.63, 3.8) is 0 Å². The molecule has 178 valence electrons. The molecule has 3 aliphatic rings. The summed E-state index contributed by atoms with van der Waals surface area (Å²) in [7, 11) is 0. The van der Waals surface area contributed by atoms with Gasteiger partial charge >= 0.3 is 0 Å². The number of benzene rings is 2. The van der Waals surface area contributed by atoms with Crippen molar-refractivity contribution in [2.75, 3.05) is 6.54 Å². The highest BCUT2D eigenvalue weighted by molar-refractivity contribution is 5.89. The Morgan fingerprint density at radius 1 is 0.912 bits per heavy atom. The zero-order chi connectivity index (χ0) is 23.5. The van der Waals surface area contributed by atoms with Crippen LogP contribution in [0.1, 0.15) is 63.9 Å². The maximum atomic E-state index is 13.3. The van der Waals surface area contributed by atoms with E-state index in [9.17, 15) is 9.59 Å². The molecule has 0 spiro atoms. The number of nitrogens with zero attached hydrogens (tertiary/aromatic N) is 1. The van der Waals surface area contributed by atoms with Crippen molar-refractivity contribution in [3.05, 3.63) is 72.3 Å². The van der Waals surface area contributed by atoms with Gasteiger partial charge in [0, 0.05) is 24.4 Å². The standard InChI is InChI=1S/C30H36N2O2/c1-30(25-17-15-23(16-18-25)22-11-8-6-9-12-22)20-27-29(34)31-26-19-24(26)13-7-4-2-3-5-10-14-28(33)32(27)21-30/h6-9,11-13,15-18,24,26-27H,2-5,10,14,19-21H2,1H3,(H,31,34)/b13-7-/t24-,26-,27+,30-/m1/s1. The Morgan fingerprint density at radius 3 is 2.44 bits per heavy atom. The molecule has 1 N–H and O–H groups in total. The number of amides is 2. The number of carbonyl (C=O) groups is 2. The molecule has 1 saturated heterocycles. The predicted molar refractivity (Wildman–Crippen MR) is 136 cm³/mol. The zero-order valence-corrected chi connectivity index (χ0v) is 20.2. The summed E-state index contributed by atoms with van der Waals surface area (Å²) in [5.41, 5.74) is 3.34. The van der Waals surface area contributed by atoms with Crippen molar-refractivity contribution in [1.82, 2.24) is 10.2 Å². The third-order valence-corrected chi connectivity index (χ3v) is 7.91. The number of nitrogens with one attached hydrogen (secondary N) is 1. The van der Waals surface area contributed by atoms with Gasteiger partial charge in [0.1, 0.15) is 6.04 Å². The lowest BCUT2D eigenvalue weighted by atomic mass is 9.80. The third-order valence-electron chi connectivity index (χ3n) is 7.91. The van der Waals surface area contributed by atoms with E-state index in [1.54, 1.807) is 0 Å². The molecule has 2 amide bonds. The molecule has 4 atom stereocenters. The molecule has 2 aromatic rings. The quantitative estimate of drug-likeness (QED) is 0.596. The molecule has 34 heavy (non-hydrogen) atoms. The van der Waals surface area contributed by atoms with Crippen LogP contribution < -0.4 is 5.32 Å². The molecular weight excluding hydrogens is 420 g/mol. The van der Waals surface area contributed by atoms with E-state index in [0.717, 1.165) is 32.1 Å². The van der Waals surface area contributed by atoms with Gasteiger partial charge in [0.15, 0.2) is 0 Å². The summed E-state index contributed by atoms with van der Waals surface area (Å²) in [6, 6.07) is 18.9. The van der Waals surface area contributed by atoms with Crippen LogP contribution in [-0.2, 0) is 15.0 Å². The van der Waals surface area contributed by atoms with Crippen molar-refractivity contribution >= 4 is 11.8 Å². The highest BCUT2D eigenvalue weighted by atomic mass is 16.2. The largest absolute Gasteiger partial charge is 0.351 e. The van der Waals surface area contributed by atoms with Crippen LogP contribution in [0.4, 0.5) is 0 Å². The van der Waals surface area contributed by atoms with Crippen molar-refractivity contribution in [1.29, 1.82) is 0 Å². The topological polar surface area (TPSA) is 49.4 Å². The minimum Gasteiger partial charge on any atom is -0.351 e. The maximum absolute atomic E-state index is 13.3. The van der Waals surface area contributed by atoms with Crippen molar-refractivity contribution < 1.29 is 9.59 Å². The van der Waals surface area contributed by atoms with E-state index in [1.165, 1.54) is 23.1 Å². The fraction of sp³-hybridized carbons (Fsp3) is 0.467. The fourth-order valence-corrected chi connectivity index (χ4v) is 5.67. The minimum atomic E-state index is -0.387. The first-order valence-corrected chi connectivity index (χ1v) is 13.0. The van der Waals surface area contributed by atoms with E-state index in [4.69, 9.17) is 0 Å². The number of hydrogen-bond donors (Lipinski definition) is 1. The number of hydrogen-bond acceptors (Lipinski definition) is 2. The molecule has 1 aliphatic carbocycles. The first kappa shape index (κ1) is 22.9. The minimum absolute atomic E-state index is 0.0220. The van der Waals surface area contributed by atoms with E-state index < -0.39 is 0 Å². The summed E-state index contributed by atoms with van der Waals surface area (Å²) in [6.45, 7) is 2.81. The van der Waals surface area contributed by atoms with Gasteiger partial charge in [-0.15, -0.1) is 0 Å². The van der Waals surface area contributed by atoms with Crippen LogP contribution in [0.2, 0.25) is 0 Å². The average Bonchev–Trinajstić information content (AvgIpc) is 3.48. The second-order valence-electron chi connectivity index (χ2n) is 10.6. The molecule has 2 aromatic carbocycles. The number of fused-ring (bicyclic) bond motifs is 2. The first-order valence-electron chi connectivity index (χ1n) is 13.0. The van der Waals surface area contributed by atoms with Crippen LogP contribution in [0, 0.1) is 5.92 Å². The molecule has 0 bridgehead atoms. The molecule has 0 radical (unpaired) electrons. The lowest BCUT2D eigenvalue weighted by molar-refractivity contribution is -0.138.